The van der Waals surface area contributed by atoms with Crippen LogP contribution in [0.5, 0.6) is 0 Å². The molecule has 0 N–H and O–H groups in total. The molecule has 0 radical (unpaired) electrons. The van der Waals surface area contributed by atoms with Crippen molar-refractivity contribution >= 4 is 29.0 Å². The van der Waals surface area contributed by atoms with Gasteiger partial charge in [0.1, 0.15) is 0 Å². The van der Waals surface area contributed by atoms with Crippen molar-refractivity contribution in [1.82, 2.24) is 0 Å². The highest BCUT2D eigenvalue weighted by atomic mass is 14.2. The molecule has 0 spiro atoms. The van der Waals surface area contributed by atoms with E-state index < -0.39 is 0 Å². The summed E-state index contributed by atoms with van der Waals surface area (Å²) < 4.78 is 0. The molecule has 0 heterocycles. The van der Waals surface area contributed by atoms with E-state index >= 15 is 0 Å². The number of hydrogen-bond acceptors (Lipinski definition) is 0. The number of hydrogen-bond donors (Lipinski definition) is 0. The van der Waals surface area contributed by atoms with Crippen LogP contribution in [0.25, 0.3) is 0 Å². The Labute approximate surface area is 144 Å². The fraction of sp³-hybridized carbons (Fsp3) is 0.368. The molecule has 0 amide bonds. The van der Waals surface area contributed by atoms with Crippen LogP contribution in [0.15, 0.2) is 54.6 Å². The van der Waals surface area contributed by atoms with E-state index in [2.05, 4.69) is 62.3 Å². The van der Waals surface area contributed by atoms with E-state index in [1.54, 1.807) is 5.56 Å². The Morgan fingerprint density at radius 2 is 1.48 bits per heavy atom. The molecule has 0 atom stereocenters. The zero-order chi connectivity index (χ0) is 15.9. The second kappa shape index (κ2) is 8.52. The molecular formula is C19H26B4. The molecule has 3 rings (SSSR count). The van der Waals surface area contributed by atoms with Crippen LogP contribution in [0.4, 0.5) is 0 Å². The van der Waals surface area contributed by atoms with Gasteiger partial charge in [-0.1, -0.05) is 73.3 Å². The van der Waals surface area contributed by atoms with Gasteiger partial charge in [-0.3, -0.25) is 0 Å². The minimum Gasteiger partial charge on any atom is -0.0740 e. The molecule has 1 saturated carbocycles. The smallest absolute Gasteiger partial charge is 0.0740 e. The zero-order valence-electron chi connectivity index (χ0n) is 14.5. The second-order valence-electron chi connectivity index (χ2n) is 7.26. The van der Waals surface area contributed by atoms with Gasteiger partial charge in [0.2, 0.25) is 0 Å². The van der Waals surface area contributed by atoms with Crippen molar-refractivity contribution in [3.63, 3.8) is 0 Å². The van der Waals surface area contributed by atoms with E-state index in [0.717, 1.165) is 18.2 Å². The van der Waals surface area contributed by atoms with E-state index in [1.165, 1.54) is 58.1 Å². The fourth-order valence-corrected chi connectivity index (χ4v) is 4.02. The summed E-state index contributed by atoms with van der Waals surface area (Å²) in [6.45, 7) is 0. The Kier molecular flexibility index (Phi) is 6.13. The highest BCUT2D eigenvalue weighted by Crippen LogP contribution is 2.38. The normalized spacial score (nSPS) is 20.7. The Balaban J connectivity index is 1.54. The predicted octanol–water partition coefficient (Wildman–Crippen LogP) is 2.41. The maximum atomic E-state index is 2.38. The summed E-state index contributed by atoms with van der Waals surface area (Å²) in [6, 6.07) is 20.2. The average Bonchev–Trinajstić information content (AvgIpc) is 2.62. The van der Waals surface area contributed by atoms with Crippen molar-refractivity contribution in [3.8, 4) is 0 Å². The van der Waals surface area contributed by atoms with Gasteiger partial charge < -0.3 is 0 Å². The summed E-state index contributed by atoms with van der Waals surface area (Å²) >= 11 is 0. The van der Waals surface area contributed by atoms with Crippen molar-refractivity contribution in [2.24, 2.45) is 0 Å². The summed E-state index contributed by atoms with van der Waals surface area (Å²) in [5.74, 6) is 1.81. The summed E-state index contributed by atoms with van der Waals surface area (Å²) in [7, 11) is 6.54. The van der Waals surface area contributed by atoms with Gasteiger partial charge in [-0.2, -0.15) is 0 Å². The standard InChI is InChI=1S/C19H26B4/c20-22-23-21-19-12-10-18(11-13-19)17-8-6-16(7-9-17)14-15-4-2-1-3-5-15/h1-9,18-19,21-23H,10-14,20H2. The van der Waals surface area contributed by atoms with Crippen molar-refractivity contribution < 1.29 is 0 Å². The Morgan fingerprint density at radius 3 is 2.13 bits per heavy atom. The summed E-state index contributed by atoms with van der Waals surface area (Å²) in [6.07, 6.45) is 6.72. The maximum absolute atomic E-state index is 2.38. The fourth-order valence-electron chi connectivity index (χ4n) is 4.02. The highest BCUT2D eigenvalue weighted by molar-refractivity contribution is 7.41. The summed E-state index contributed by atoms with van der Waals surface area (Å²) in [5.41, 5.74) is 4.39. The summed E-state index contributed by atoms with van der Waals surface area (Å²) in [4.78, 5) is 0. The monoisotopic (exact) mass is 298 g/mol. The molecule has 0 bridgehead atoms. The molecule has 4 heteroatoms. The minimum absolute atomic E-state index is 0.804. The number of benzene rings is 2. The van der Waals surface area contributed by atoms with E-state index in [-0.39, 0.29) is 0 Å². The van der Waals surface area contributed by atoms with Gasteiger partial charge in [0.05, 0.1) is 14.9 Å². The van der Waals surface area contributed by atoms with Crippen LogP contribution < -0.4 is 0 Å². The second-order valence-corrected chi connectivity index (χ2v) is 7.26. The van der Waals surface area contributed by atoms with E-state index in [9.17, 15) is 0 Å². The van der Waals surface area contributed by atoms with E-state index in [0.29, 0.717) is 0 Å². The van der Waals surface area contributed by atoms with Crippen molar-refractivity contribution in [3.05, 3.63) is 71.3 Å². The Hall–Kier alpha value is -1.30. The van der Waals surface area contributed by atoms with Gasteiger partial charge in [-0.05, 0) is 41.9 Å². The molecule has 0 nitrogen and oxygen atoms in total. The average molecular weight is 298 g/mol. The molecule has 0 saturated heterocycles. The first-order chi connectivity index (χ1) is 11.3. The number of rotatable bonds is 6. The Morgan fingerprint density at radius 1 is 0.826 bits per heavy atom. The van der Waals surface area contributed by atoms with Gasteiger partial charge in [0.15, 0.2) is 0 Å². The van der Waals surface area contributed by atoms with E-state index in [1.807, 2.05) is 0 Å². The maximum Gasteiger partial charge on any atom is 0.0815 e. The molecule has 0 unspecified atom stereocenters. The lowest BCUT2D eigenvalue weighted by atomic mass is 9.11. The van der Waals surface area contributed by atoms with Gasteiger partial charge in [-0.25, -0.2) is 0 Å². The lowest BCUT2D eigenvalue weighted by molar-refractivity contribution is 0.443. The third kappa shape index (κ3) is 4.83. The van der Waals surface area contributed by atoms with Crippen molar-refractivity contribution in [1.29, 1.82) is 0 Å². The topological polar surface area (TPSA) is 0 Å². The van der Waals surface area contributed by atoms with Gasteiger partial charge in [-0.15, -0.1) is 0 Å². The van der Waals surface area contributed by atoms with Crippen LogP contribution >= 0.6 is 0 Å². The summed E-state index contributed by atoms with van der Waals surface area (Å²) in [5, 5.41) is 0. The molecular weight excluding hydrogens is 271 g/mol. The van der Waals surface area contributed by atoms with Crippen LogP contribution in [0, 0.1) is 0 Å². The van der Waals surface area contributed by atoms with Crippen molar-refractivity contribution in [2.45, 2.75) is 43.8 Å². The lowest BCUT2D eigenvalue weighted by Gasteiger charge is -2.28. The third-order valence-corrected chi connectivity index (χ3v) is 5.51. The van der Waals surface area contributed by atoms with Crippen LogP contribution in [-0.2, 0) is 6.42 Å². The molecule has 2 aromatic carbocycles. The van der Waals surface area contributed by atoms with E-state index in [4.69, 9.17) is 0 Å². The van der Waals surface area contributed by atoms with Gasteiger partial charge in [0.25, 0.3) is 0 Å². The molecule has 114 valence electrons. The molecule has 1 fully saturated rings. The zero-order valence-corrected chi connectivity index (χ0v) is 14.5. The van der Waals surface area contributed by atoms with Crippen LogP contribution in [0.2, 0.25) is 5.82 Å². The molecule has 1 aliphatic carbocycles. The predicted molar refractivity (Wildman–Crippen MR) is 111 cm³/mol. The SMILES string of the molecule is BBBBC1CCC(c2ccc(Cc3ccccc3)cc2)CC1. The van der Waals surface area contributed by atoms with Gasteiger partial charge >= 0.3 is 0 Å². The third-order valence-electron chi connectivity index (χ3n) is 5.51. The first-order valence-corrected chi connectivity index (χ1v) is 9.48. The van der Waals surface area contributed by atoms with Gasteiger partial charge in [0, 0.05) is 14.1 Å². The quantitative estimate of drug-likeness (QED) is 0.718. The van der Waals surface area contributed by atoms with Crippen LogP contribution in [-0.4, -0.2) is 29.0 Å². The van der Waals surface area contributed by atoms with Crippen LogP contribution in [0.1, 0.15) is 48.3 Å². The lowest BCUT2D eigenvalue weighted by Crippen LogP contribution is -2.21. The van der Waals surface area contributed by atoms with Crippen molar-refractivity contribution in [2.75, 3.05) is 0 Å². The minimum atomic E-state index is 0.804. The molecule has 23 heavy (non-hydrogen) atoms. The molecule has 2 aromatic rings. The molecule has 1 aliphatic rings. The first kappa shape index (κ1) is 16.6. The van der Waals surface area contributed by atoms with Crippen LogP contribution in [0.3, 0.4) is 0 Å². The molecule has 0 aromatic heterocycles. The molecule has 0 aliphatic heterocycles. The highest BCUT2D eigenvalue weighted by Gasteiger charge is 2.22. The Bertz CT molecular complexity index is 574. The first-order valence-electron chi connectivity index (χ1n) is 9.48. The largest absolute Gasteiger partial charge is 0.0815 e.